The van der Waals surface area contributed by atoms with Crippen LogP contribution in [0.15, 0.2) is 6.33 Å². The molecule has 3 rings (SSSR count). The van der Waals surface area contributed by atoms with Crippen molar-refractivity contribution in [1.29, 1.82) is 0 Å². The van der Waals surface area contributed by atoms with Crippen molar-refractivity contribution in [3.8, 4) is 5.88 Å². The summed E-state index contributed by atoms with van der Waals surface area (Å²) in [7, 11) is 3.39. The number of aromatic nitrogens is 2. The highest BCUT2D eigenvalue weighted by atomic mass is 16.5. The van der Waals surface area contributed by atoms with Gasteiger partial charge in [-0.25, -0.2) is 4.98 Å². The lowest BCUT2D eigenvalue weighted by molar-refractivity contribution is 0.118. The zero-order valence-electron chi connectivity index (χ0n) is 10.0. The van der Waals surface area contributed by atoms with E-state index in [2.05, 4.69) is 20.2 Å². The largest absolute Gasteiger partial charge is 0.479 e. The molecule has 1 aromatic rings. The van der Waals surface area contributed by atoms with Crippen molar-refractivity contribution in [1.82, 2.24) is 9.97 Å². The number of anilines is 2. The van der Waals surface area contributed by atoms with Crippen LogP contribution in [-0.4, -0.2) is 49.4 Å². The van der Waals surface area contributed by atoms with Crippen LogP contribution in [0.4, 0.5) is 11.5 Å². The highest BCUT2D eigenvalue weighted by molar-refractivity contribution is 5.73. The first-order valence-corrected chi connectivity index (χ1v) is 5.75. The number of hydrogen-bond acceptors (Lipinski definition) is 6. The molecule has 6 heteroatoms. The van der Waals surface area contributed by atoms with Crippen LogP contribution in [0.3, 0.4) is 0 Å². The Morgan fingerprint density at radius 2 is 2.29 bits per heavy atom. The molecule has 3 heterocycles. The van der Waals surface area contributed by atoms with Gasteiger partial charge in [0.05, 0.1) is 19.3 Å². The summed E-state index contributed by atoms with van der Waals surface area (Å²) in [5.74, 6) is 1.53. The maximum Gasteiger partial charge on any atom is 0.242 e. The smallest absolute Gasteiger partial charge is 0.242 e. The Labute approximate surface area is 100.0 Å². The first kappa shape index (κ1) is 10.6. The zero-order chi connectivity index (χ0) is 11.8. The van der Waals surface area contributed by atoms with Gasteiger partial charge in [-0.05, 0) is 6.42 Å². The minimum absolute atomic E-state index is 0.286. The van der Waals surface area contributed by atoms with Crippen LogP contribution >= 0.6 is 0 Å². The Balaban J connectivity index is 1.97. The van der Waals surface area contributed by atoms with Crippen LogP contribution < -0.4 is 15.0 Å². The number of nitrogens with zero attached hydrogens (tertiary/aromatic N) is 3. The Kier molecular flexibility index (Phi) is 2.51. The Morgan fingerprint density at radius 3 is 3.06 bits per heavy atom. The molecule has 2 atom stereocenters. The van der Waals surface area contributed by atoms with E-state index in [0.717, 1.165) is 31.0 Å². The van der Waals surface area contributed by atoms with Crippen molar-refractivity contribution in [2.75, 3.05) is 37.5 Å². The van der Waals surface area contributed by atoms with Crippen LogP contribution in [0.25, 0.3) is 0 Å². The molecule has 0 saturated carbocycles. The molecular formula is C11H16N4O2. The molecule has 6 nitrogen and oxygen atoms in total. The normalized spacial score (nSPS) is 26.1. The third-order valence-electron chi connectivity index (χ3n) is 3.48. The van der Waals surface area contributed by atoms with E-state index >= 15 is 0 Å². The minimum atomic E-state index is 0.286. The van der Waals surface area contributed by atoms with Crippen LogP contribution in [0.2, 0.25) is 0 Å². The van der Waals surface area contributed by atoms with E-state index in [-0.39, 0.29) is 6.10 Å². The van der Waals surface area contributed by atoms with Gasteiger partial charge in [0.25, 0.3) is 0 Å². The van der Waals surface area contributed by atoms with Gasteiger partial charge in [0.1, 0.15) is 12.0 Å². The molecule has 1 fully saturated rings. The summed E-state index contributed by atoms with van der Waals surface area (Å²) in [4.78, 5) is 10.7. The van der Waals surface area contributed by atoms with E-state index in [0.29, 0.717) is 11.9 Å². The summed E-state index contributed by atoms with van der Waals surface area (Å²) in [6.07, 6.45) is 2.87. The maximum atomic E-state index is 5.43. The third-order valence-corrected chi connectivity index (χ3v) is 3.48. The lowest BCUT2D eigenvalue weighted by atomic mass is 10.1. The van der Waals surface area contributed by atoms with E-state index in [1.54, 1.807) is 20.5 Å². The monoisotopic (exact) mass is 236 g/mol. The van der Waals surface area contributed by atoms with Gasteiger partial charge in [0.15, 0.2) is 5.82 Å². The van der Waals surface area contributed by atoms with E-state index in [1.807, 2.05) is 0 Å². The van der Waals surface area contributed by atoms with Crippen molar-refractivity contribution < 1.29 is 9.47 Å². The molecule has 2 aliphatic heterocycles. The Hall–Kier alpha value is -1.56. The van der Waals surface area contributed by atoms with E-state index in [9.17, 15) is 0 Å². The molecule has 1 aromatic heterocycles. The predicted octanol–water partition coefficient (Wildman–Crippen LogP) is 0.504. The fourth-order valence-corrected chi connectivity index (χ4v) is 2.61. The fourth-order valence-electron chi connectivity index (χ4n) is 2.61. The average molecular weight is 236 g/mol. The Bertz CT molecular complexity index is 426. The molecule has 2 unspecified atom stereocenters. The molecule has 0 aromatic carbocycles. The van der Waals surface area contributed by atoms with Gasteiger partial charge in [0.2, 0.25) is 5.88 Å². The molecule has 0 bridgehead atoms. The van der Waals surface area contributed by atoms with Crippen LogP contribution in [0.5, 0.6) is 5.88 Å². The number of methoxy groups -OCH3 is 2. The maximum absolute atomic E-state index is 5.43. The van der Waals surface area contributed by atoms with E-state index in [4.69, 9.17) is 9.47 Å². The quantitative estimate of drug-likeness (QED) is 0.807. The van der Waals surface area contributed by atoms with Gasteiger partial charge in [0, 0.05) is 20.2 Å². The SMILES string of the molecule is COc1ncnc2c1NCC1CC(OC)CN21. The van der Waals surface area contributed by atoms with E-state index in [1.165, 1.54) is 0 Å². The standard InChI is InChI=1S/C11H16N4O2/c1-16-8-3-7-4-12-9-10(15(7)5-8)13-6-14-11(9)17-2/h6-8,12H,3-5H2,1-2H3. The summed E-state index contributed by atoms with van der Waals surface area (Å²) < 4.78 is 10.7. The molecule has 17 heavy (non-hydrogen) atoms. The highest BCUT2D eigenvalue weighted by Crippen LogP contribution is 2.38. The molecule has 0 aliphatic carbocycles. The van der Waals surface area contributed by atoms with Crippen LogP contribution in [-0.2, 0) is 4.74 Å². The second-order valence-corrected chi connectivity index (χ2v) is 4.36. The molecule has 1 N–H and O–H groups in total. The Morgan fingerprint density at radius 1 is 1.41 bits per heavy atom. The van der Waals surface area contributed by atoms with Crippen molar-refractivity contribution in [2.24, 2.45) is 0 Å². The number of fused-ring (bicyclic) bond motifs is 3. The molecule has 1 saturated heterocycles. The molecule has 2 aliphatic rings. The summed E-state index contributed by atoms with van der Waals surface area (Å²) in [5.41, 5.74) is 0.892. The summed E-state index contributed by atoms with van der Waals surface area (Å²) in [6, 6.07) is 0.451. The first-order valence-electron chi connectivity index (χ1n) is 5.75. The van der Waals surface area contributed by atoms with Gasteiger partial charge in [-0.3, -0.25) is 0 Å². The number of ether oxygens (including phenoxy) is 2. The van der Waals surface area contributed by atoms with Crippen molar-refractivity contribution in [3.63, 3.8) is 0 Å². The topological polar surface area (TPSA) is 59.5 Å². The second-order valence-electron chi connectivity index (χ2n) is 4.36. The second kappa shape index (κ2) is 4.03. The van der Waals surface area contributed by atoms with Crippen molar-refractivity contribution in [2.45, 2.75) is 18.6 Å². The van der Waals surface area contributed by atoms with Crippen molar-refractivity contribution >= 4 is 11.5 Å². The van der Waals surface area contributed by atoms with Gasteiger partial charge < -0.3 is 19.7 Å². The third kappa shape index (κ3) is 1.59. The molecule has 92 valence electrons. The molecular weight excluding hydrogens is 220 g/mol. The molecule has 0 spiro atoms. The van der Waals surface area contributed by atoms with Crippen molar-refractivity contribution in [3.05, 3.63) is 6.33 Å². The number of rotatable bonds is 2. The van der Waals surface area contributed by atoms with Gasteiger partial charge in [-0.1, -0.05) is 0 Å². The average Bonchev–Trinajstić information content (AvgIpc) is 2.81. The lowest BCUT2D eigenvalue weighted by Crippen LogP contribution is -2.40. The first-order chi connectivity index (χ1) is 8.33. The molecule has 0 amide bonds. The van der Waals surface area contributed by atoms with E-state index < -0.39 is 0 Å². The highest BCUT2D eigenvalue weighted by Gasteiger charge is 2.38. The number of nitrogens with one attached hydrogen (secondary N) is 1. The summed E-state index contributed by atoms with van der Waals surface area (Å²) in [5, 5.41) is 3.35. The summed E-state index contributed by atoms with van der Waals surface area (Å²) in [6.45, 7) is 1.77. The predicted molar refractivity (Wildman–Crippen MR) is 63.6 cm³/mol. The van der Waals surface area contributed by atoms with Gasteiger partial charge in [-0.2, -0.15) is 4.98 Å². The van der Waals surface area contributed by atoms with Crippen LogP contribution in [0.1, 0.15) is 6.42 Å². The fraction of sp³-hybridized carbons (Fsp3) is 0.636. The molecule has 0 radical (unpaired) electrons. The zero-order valence-corrected chi connectivity index (χ0v) is 10.0. The van der Waals surface area contributed by atoms with Gasteiger partial charge >= 0.3 is 0 Å². The van der Waals surface area contributed by atoms with Gasteiger partial charge in [-0.15, -0.1) is 0 Å². The summed E-state index contributed by atoms with van der Waals surface area (Å²) >= 11 is 0. The number of hydrogen-bond donors (Lipinski definition) is 1. The minimum Gasteiger partial charge on any atom is -0.479 e. The van der Waals surface area contributed by atoms with Crippen LogP contribution in [0, 0.1) is 0 Å². The lowest BCUT2D eigenvalue weighted by Gasteiger charge is -2.32.